The molecule has 0 unspecified atom stereocenters. The number of amides is 1. The van der Waals surface area contributed by atoms with Crippen LogP contribution in [0, 0.1) is 6.92 Å². The van der Waals surface area contributed by atoms with Gasteiger partial charge in [0.2, 0.25) is 0 Å². The highest BCUT2D eigenvalue weighted by atomic mass is 35.5. The molecule has 0 aliphatic heterocycles. The number of nitrogens with zero attached hydrogens (tertiary/aromatic N) is 1. The van der Waals surface area contributed by atoms with E-state index >= 15 is 0 Å². The molecule has 1 N–H and O–H groups in total. The Balaban J connectivity index is 0.00000256. The van der Waals surface area contributed by atoms with E-state index in [4.69, 9.17) is 11.6 Å². The number of rotatable bonds is 4. The van der Waals surface area contributed by atoms with E-state index < -0.39 is 0 Å². The van der Waals surface area contributed by atoms with Gasteiger partial charge in [0.15, 0.2) is 0 Å². The molecule has 5 heteroatoms. The van der Waals surface area contributed by atoms with Crippen molar-refractivity contribution in [3.8, 4) is 0 Å². The number of nitrogens with one attached hydrogen (secondary N) is 1. The van der Waals surface area contributed by atoms with Crippen molar-refractivity contribution in [3.05, 3.63) is 34.3 Å². The van der Waals surface area contributed by atoms with Crippen LogP contribution in [0.4, 0.5) is 0 Å². The Morgan fingerprint density at radius 1 is 1.47 bits per heavy atom. The highest BCUT2D eigenvalue weighted by Gasteiger charge is 2.11. The van der Waals surface area contributed by atoms with E-state index in [9.17, 15) is 4.79 Å². The molecule has 0 saturated heterocycles. The minimum absolute atomic E-state index is 0. The van der Waals surface area contributed by atoms with Gasteiger partial charge in [-0.15, -0.1) is 12.4 Å². The molecule has 0 saturated carbocycles. The van der Waals surface area contributed by atoms with Gasteiger partial charge >= 0.3 is 0 Å². The first-order valence-electron chi connectivity index (χ1n) is 5.22. The minimum Gasteiger partial charge on any atom is -0.340 e. The summed E-state index contributed by atoms with van der Waals surface area (Å²) in [5.41, 5.74) is 1.61. The Labute approximate surface area is 114 Å². The van der Waals surface area contributed by atoms with E-state index in [1.165, 1.54) is 0 Å². The third-order valence-corrected chi connectivity index (χ3v) is 2.87. The summed E-state index contributed by atoms with van der Waals surface area (Å²) < 4.78 is 0. The van der Waals surface area contributed by atoms with Crippen LogP contribution in [0.2, 0.25) is 5.02 Å². The van der Waals surface area contributed by atoms with E-state index in [2.05, 4.69) is 5.32 Å². The molecule has 0 radical (unpaired) electrons. The lowest BCUT2D eigenvalue weighted by atomic mass is 10.1. The zero-order valence-electron chi connectivity index (χ0n) is 10.3. The molecule has 17 heavy (non-hydrogen) atoms. The van der Waals surface area contributed by atoms with Gasteiger partial charge in [0.1, 0.15) is 0 Å². The van der Waals surface area contributed by atoms with Crippen molar-refractivity contribution >= 4 is 29.9 Å². The minimum atomic E-state index is 0. The van der Waals surface area contributed by atoms with Gasteiger partial charge in [-0.25, -0.2) is 0 Å². The second kappa shape index (κ2) is 7.54. The Bertz CT molecular complexity index is 383. The second-order valence-corrected chi connectivity index (χ2v) is 4.20. The normalized spacial score (nSPS) is 9.65. The number of halogens is 2. The number of aryl methyl sites for hydroxylation is 1. The number of hydrogen-bond donors (Lipinski definition) is 1. The van der Waals surface area contributed by atoms with Crippen molar-refractivity contribution in [1.82, 2.24) is 10.2 Å². The predicted octanol–water partition coefficient (Wildman–Crippen LogP) is 2.36. The lowest BCUT2D eigenvalue weighted by Crippen LogP contribution is -2.32. The van der Waals surface area contributed by atoms with Gasteiger partial charge < -0.3 is 10.2 Å². The summed E-state index contributed by atoms with van der Waals surface area (Å²) in [6, 6.07) is 5.34. The maximum Gasteiger partial charge on any atom is 0.253 e. The van der Waals surface area contributed by atoms with E-state index in [1.54, 1.807) is 24.1 Å². The molecule has 0 bridgehead atoms. The van der Waals surface area contributed by atoms with Crippen LogP contribution in [-0.2, 0) is 0 Å². The molecular formula is C12H18Cl2N2O. The highest BCUT2D eigenvalue weighted by Crippen LogP contribution is 2.17. The molecule has 0 atom stereocenters. The maximum absolute atomic E-state index is 12.0. The fourth-order valence-electron chi connectivity index (χ4n) is 1.38. The zero-order valence-corrected chi connectivity index (χ0v) is 11.9. The third kappa shape index (κ3) is 4.54. The molecule has 1 rings (SSSR count). The lowest BCUT2D eigenvalue weighted by molar-refractivity contribution is 0.0797. The first-order chi connectivity index (χ1) is 7.56. The molecular weight excluding hydrogens is 259 g/mol. The molecule has 0 fully saturated rings. The highest BCUT2D eigenvalue weighted by molar-refractivity contribution is 6.31. The number of benzene rings is 1. The smallest absolute Gasteiger partial charge is 0.253 e. The van der Waals surface area contributed by atoms with Crippen molar-refractivity contribution in [2.45, 2.75) is 6.92 Å². The molecule has 1 amide bonds. The van der Waals surface area contributed by atoms with Gasteiger partial charge in [0.25, 0.3) is 5.91 Å². The summed E-state index contributed by atoms with van der Waals surface area (Å²) in [4.78, 5) is 13.7. The largest absolute Gasteiger partial charge is 0.340 e. The SMILES string of the molecule is CNCCN(C)C(=O)c1ccc(Cl)c(C)c1.Cl. The van der Waals surface area contributed by atoms with Crippen molar-refractivity contribution in [2.75, 3.05) is 27.2 Å². The summed E-state index contributed by atoms with van der Waals surface area (Å²) in [5.74, 6) is 0.0232. The van der Waals surface area contributed by atoms with Crippen LogP contribution in [0.5, 0.6) is 0 Å². The fourth-order valence-corrected chi connectivity index (χ4v) is 1.50. The van der Waals surface area contributed by atoms with Gasteiger partial charge in [-0.3, -0.25) is 4.79 Å². The molecule has 1 aromatic rings. The van der Waals surface area contributed by atoms with E-state index in [0.717, 1.165) is 12.1 Å². The lowest BCUT2D eigenvalue weighted by Gasteiger charge is -2.17. The molecule has 0 spiro atoms. The third-order valence-electron chi connectivity index (χ3n) is 2.45. The Kier molecular flexibility index (Phi) is 7.19. The zero-order chi connectivity index (χ0) is 12.1. The Morgan fingerprint density at radius 2 is 2.12 bits per heavy atom. The maximum atomic E-state index is 12.0. The summed E-state index contributed by atoms with van der Waals surface area (Å²) in [7, 11) is 3.66. The molecule has 3 nitrogen and oxygen atoms in total. The summed E-state index contributed by atoms with van der Waals surface area (Å²) in [6.07, 6.45) is 0. The quantitative estimate of drug-likeness (QED) is 0.916. The van der Waals surface area contributed by atoms with E-state index in [-0.39, 0.29) is 18.3 Å². The molecule has 1 aromatic carbocycles. The van der Waals surface area contributed by atoms with Gasteiger partial charge in [-0.2, -0.15) is 0 Å². The monoisotopic (exact) mass is 276 g/mol. The topological polar surface area (TPSA) is 32.3 Å². The average Bonchev–Trinajstić information content (AvgIpc) is 2.28. The van der Waals surface area contributed by atoms with Crippen LogP contribution in [0.1, 0.15) is 15.9 Å². The van der Waals surface area contributed by atoms with Gasteiger partial charge in [-0.05, 0) is 37.7 Å². The molecule has 0 heterocycles. The summed E-state index contributed by atoms with van der Waals surface area (Å²) >= 11 is 5.91. The number of carbonyl (C=O) groups is 1. The van der Waals surface area contributed by atoms with Crippen molar-refractivity contribution in [1.29, 1.82) is 0 Å². The molecule has 0 aromatic heterocycles. The van der Waals surface area contributed by atoms with Crippen molar-refractivity contribution < 1.29 is 4.79 Å². The standard InChI is InChI=1S/C12H17ClN2O.ClH/c1-9-8-10(4-5-11(9)13)12(16)15(3)7-6-14-2;/h4-5,8,14H,6-7H2,1-3H3;1H. The van der Waals surface area contributed by atoms with Gasteiger partial charge in [0.05, 0.1) is 0 Å². The first kappa shape index (κ1) is 16.2. The summed E-state index contributed by atoms with van der Waals surface area (Å²) in [6.45, 7) is 3.37. The number of carbonyl (C=O) groups excluding carboxylic acids is 1. The van der Waals surface area contributed by atoms with E-state index in [0.29, 0.717) is 17.1 Å². The van der Waals surface area contributed by atoms with Gasteiger partial charge in [-0.1, -0.05) is 11.6 Å². The Hall–Kier alpha value is -0.770. The average molecular weight is 277 g/mol. The van der Waals surface area contributed by atoms with Crippen LogP contribution in [0.15, 0.2) is 18.2 Å². The van der Waals surface area contributed by atoms with Crippen LogP contribution in [-0.4, -0.2) is 38.0 Å². The van der Waals surface area contributed by atoms with Crippen molar-refractivity contribution in [3.63, 3.8) is 0 Å². The predicted molar refractivity (Wildman–Crippen MR) is 74.3 cm³/mol. The second-order valence-electron chi connectivity index (χ2n) is 3.79. The number of likely N-dealkylation sites (N-methyl/N-ethyl adjacent to an activating group) is 2. The number of hydrogen-bond acceptors (Lipinski definition) is 2. The molecule has 0 aliphatic rings. The van der Waals surface area contributed by atoms with Crippen LogP contribution >= 0.6 is 24.0 Å². The van der Waals surface area contributed by atoms with Crippen LogP contribution < -0.4 is 5.32 Å². The van der Waals surface area contributed by atoms with Gasteiger partial charge in [0, 0.05) is 30.7 Å². The van der Waals surface area contributed by atoms with Crippen LogP contribution in [0.25, 0.3) is 0 Å². The fraction of sp³-hybridized carbons (Fsp3) is 0.417. The first-order valence-corrected chi connectivity index (χ1v) is 5.60. The molecule has 96 valence electrons. The van der Waals surface area contributed by atoms with E-state index in [1.807, 2.05) is 20.0 Å². The Morgan fingerprint density at radius 3 is 2.65 bits per heavy atom. The van der Waals surface area contributed by atoms with Crippen LogP contribution in [0.3, 0.4) is 0 Å². The summed E-state index contributed by atoms with van der Waals surface area (Å²) in [5, 5.41) is 3.70. The van der Waals surface area contributed by atoms with Crippen molar-refractivity contribution in [2.24, 2.45) is 0 Å². The molecule has 0 aliphatic carbocycles.